The first-order valence-corrected chi connectivity index (χ1v) is 8.53. The van der Waals surface area contributed by atoms with Crippen molar-refractivity contribution < 1.29 is 4.79 Å². The van der Waals surface area contributed by atoms with Gasteiger partial charge in [-0.15, -0.1) is 10.2 Å². The predicted molar refractivity (Wildman–Crippen MR) is 98.2 cm³/mol. The van der Waals surface area contributed by atoms with E-state index in [9.17, 15) is 4.79 Å². The molecule has 1 N–H and O–H groups in total. The molecule has 4 heterocycles. The van der Waals surface area contributed by atoms with E-state index in [1.165, 1.54) is 6.33 Å². The summed E-state index contributed by atoms with van der Waals surface area (Å²) in [6.07, 6.45) is 3.21. The van der Waals surface area contributed by atoms with E-state index in [0.717, 1.165) is 22.2 Å². The molecule has 0 saturated carbocycles. The van der Waals surface area contributed by atoms with Crippen LogP contribution in [0.5, 0.6) is 0 Å². The van der Waals surface area contributed by atoms with Gasteiger partial charge in [-0.3, -0.25) is 14.7 Å². The number of carbonyl (C=O) groups is 1. The number of fused-ring (bicyclic) bond motifs is 3. The molecule has 3 aromatic heterocycles. The quantitative estimate of drug-likeness (QED) is 0.592. The molecule has 8 heteroatoms. The fraction of sp³-hybridized carbons (Fsp3) is 0.111. The fourth-order valence-corrected chi connectivity index (χ4v) is 3.61. The van der Waals surface area contributed by atoms with Crippen molar-refractivity contribution in [3.63, 3.8) is 0 Å². The van der Waals surface area contributed by atoms with E-state index in [1.54, 1.807) is 11.1 Å². The summed E-state index contributed by atoms with van der Waals surface area (Å²) in [5.41, 5.74) is 4.06. The van der Waals surface area contributed by atoms with Gasteiger partial charge < -0.3 is 9.55 Å². The van der Waals surface area contributed by atoms with Crippen LogP contribution in [0.15, 0.2) is 48.9 Å². The standard InChI is InChI=1S/C18H13ClN6O/c19-12-5-3-11(4-6-12)14-15-13(2-1-7-20-15)24-8-9-25(17(26)16(14)24)18-21-10-22-23-18/h1-7,10H,8-9H2,(H,21,22,23). The third-order valence-corrected chi connectivity index (χ3v) is 4.86. The lowest BCUT2D eigenvalue weighted by atomic mass is 10.0. The van der Waals surface area contributed by atoms with Crippen molar-refractivity contribution in [3.8, 4) is 11.1 Å². The van der Waals surface area contributed by atoms with Crippen LogP contribution < -0.4 is 4.90 Å². The minimum Gasteiger partial charge on any atom is -0.333 e. The van der Waals surface area contributed by atoms with Gasteiger partial charge in [-0.25, -0.2) is 0 Å². The summed E-state index contributed by atoms with van der Waals surface area (Å²) in [5, 5.41) is 8.42. The van der Waals surface area contributed by atoms with Gasteiger partial charge in [-0.1, -0.05) is 23.7 Å². The summed E-state index contributed by atoms with van der Waals surface area (Å²) >= 11 is 6.04. The highest BCUT2D eigenvalue weighted by Gasteiger charge is 2.33. The molecule has 1 aliphatic heterocycles. The maximum absolute atomic E-state index is 13.3. The molecular formula is C18H13ClN6O. The van der Waals surface area contributed by atoms with Gasteiger partial charge >= 0.3 is 0 Å². The number of carbonyl (C=O) groups excluding carboxylic acids is 1. The highest BCUT2D eigenvalue weighted by atomic mass is 35.5. The molecule has 1 amide bonds. The number of anilines is 1. The number of pyridine rings is 1. The maximum atomic E-state index is 13.3. The lowest BCUT2D eigenvalue weighted by molar-refractivity contribution is 0.0965. The molecule has 0 spiro atoms. The Morgan fingerprint density at radius 3 is 2.73 bits per heavy atom. The van der Waals surface area contributed by atoms with Crippen molar-refractivity contribution in [1.29, 1.82) is 0 Å². The molecule has 0 aliphatic carbocycles. The Balaban J connectivity index is 1.78. The van der Waals surface area contributed by atoms with Gasteiger partial charge in [0.1, 0.15) is 12.0 Å². The van der Waals surface area contributed by atoms with E-state index in [2.05, 4.69) is 20.2 Å². The summed E-state index contributed by atoms with van der Waals surface area (Å²) in [6.45, 7) is 1.16. The van der Waals surface area contributed by atoms with E-state index in [1.807, 2.05) is 41.0 Å². The van der Waals surface area contributed by atoms with Crippen LogP contribution in [0.2, 0.25) is 5.02 Å². The first-order chi connectivity index (χ1) is 12.7. The zero-order chi connectivity index (χ0) is 17.7. The number of nitrogens with one attached hydrogen (secondary N) is 1. The van der Waals surface area contributed by atoms with Crippen molar-refractivity contribution in [3.05, 3.63) is 59.6 Å². The highest BCUT2D eigenvalue weighted by Crippen LogP contribution is 2.37. The summed E-state index contributed by atoms with van der Waals surface area (Å²) in [5.74, 6) is 0.317. The molecule has 0 atom stereocenters. The average Bonchev–Trinajstić information content (AvgIpc) is 3.30. The Hall–Kier alpha value is -3.19. The Morgan fingerprint density at radius 2 is 1.96 bits per heavy atom. The molecular weight excluding hydrogens is 352 g/mol. The molecule has 0 bridgehead atoms. The number of nitrogens with zero attached hydrogens (tertiary/aromatic N) is 5. The number of H-pyrrole nitrogens is 1. The normalized spacial score (nSPS) is 14.0. The molecule has 0 fully saturated rings. The molecule has 0 unspecified atom stereocenters. The first-order valence-electron chi connectivity index (χ1n) is 8.15. The molecule has 5 rings (SSSR count). The lowest BCUT2D eigenvalue weighted by Crippen LogP contribution is -2.41. The summed E-state index contributed by atoms with van der Waals surface area (Å²) in [7, 11) is 0. The van der Waals surface area contributed by atoms with Crippen LogP contribution in [0.4, 0.5) is 5.95 Å². The van der Waals surface area contributed by atoms with Gasteiger partial charge in [0.05, 0.1) is 11.0 Å². The molecule has 0 radical (unpaired) electrons. The minimum atomic E-state index is -0.129. The maximum Gasteiger partial charge on any atom is 0.278 e. The van der Waals surface area contributed by atoms with Crippen molar-refractivity contribution in [1.82, 2.24) is 24.7 Å². The van der Waals surface area contributed by atoms with Crippen LogP contribution in [0.1, 0.15) is 10.5 Å². The topological polar surface area (TPSA) is 79.7 Å². The molecule has 7 nitrogen and oxygen atoms in total. The number of hydrogen-bond donors (Lipinski definition) is 1. The van der Waals surface area contributed by atoms with E-state index >= 15 is 0 Å². The van der Waals surface area contributed by atoms with Crippen LogP contribution in [-0.4, -0.2) is 37.2 Å². The second kappa shape index (κ2) is 5.67. The van der Waals surface area contributed by atoms with Gasteiger partial charge in [0.2, 0.25) is 5.95 Å². The lowest BCUT2D eigenvalue weighted by Gasteiger charge is -2.27. The van der Waals surface area contributed by atoms with Crippen LogP contribution in [0.25, 0.3) is 22.2 Å². The second-order valence-electron chi connectivity index (χ2n) is 6.02. The minimum absolute atomic E-state index is 0.129. The van der Waals surface area contributed by atoms with Crippen molar-refractivity contribution in [2.24, 2.45) is 0 Å². The average molecular weight is 365 g/mol. The van der Waals surface area contributed by atoms with Crippen LogP contribution in [0, 0.1) is 0 Å². The number of amides is 1. The number of aromatic amines is 1. The van der Waals surface area contributed by atoms with Crippen LogP contribution >= 0.6 is 11.6 Å². The Bertz CT molecular complexity index is 1120. The molecule has 1 aromatic carbocycles. The van der Waals surface area contributed by atoms with Crippen molar-refractivity contribution >= 4 is 34.5 Å². The largest absolute Gasteiger partial charge is 0.333 e. The number of rotatable bonds is 2. The summed E-state index contributed by atoms with van der Waals surface area (Å²) < 4.78 is 2.03. The van der Waals surface area contributed by atoms with Gasteiger partial charge in [-0.2, -0.15) is 0 Å². The zero-order valence-corrected chi connectivity index (χ0v) is 14.3. The van der Waals surface area contributed by atoms with Crippen molar-refractivity contribution in [2.45, 2.75) is 6.54 Å². The Morgan fingerprint density at radius 1 is 1.12 bits per heavy atom. The second-order valence-corrected chi connectivity index (χ2v) is 6.46. The van der Waals surface area contributed by atoms with Gasteiger partial charge in [0.15, 0.2) is 0 Å². The SMILES string of the molecule is O=C1c2c(-c3ccc(Cl)cc3)c3ncccc3n2CCN1c1nnc[nH]1. The third-order valence-electron chi connectivity index (χ3n) is 4.61. The summed E-state index contributed by atoms with van der Waals surface area (Å²) in [4.78, 5) is 22.4. The van der Waals surface area contributed by atoms with E-state index < -0.39 is 0 Å². The molecule has 128 valence electrons. The molecule has 26 heavy (non-hydrogen) atoms. The Labute approximate surface area is 153 Å². The monoisotopic (exact) mass is 364 g/mol. The first kappa shape index (κ1) is 15.1. The van der Waals surface area contributed by atoms with Gasteiger partial charge in [0, 0.05) is 29.9 Å². The number of halogens is 1. The molecule has 4 aromatic rings. The fourth-order valence-electron chi connectivity index (χ4n) is 3.48. The molecule has 0 saturated heterocycles. The highest BCUT2D eigenvalue weighted by molar-refractivity contribution is 6.30. The smallest absolute Gasteiger partial charge is 0.278 e. The number of aromatic nitrogens is 5. The van der Waals surface area contributed by atoms with E-state index in [0.29, 0.717) is 29.8 Å². The predicted octanol–water partition coefficient (Wildman–Crippen LogP) is 3.14. The van der Waals surface area contributed by atoms with Gasteiger partial charge in [-0.05, 0) is 29.8 Å². The van der Waals surface area contributed by atoms with Crippen LogP contribution in [0.3, 0.4) is 0 Å². The van der Waals surface area contributed by atoms with Crippen molar-refractivity contribution in [2.75, 3.05) is 11.4 Å². The zero-order valence-electron chi connectivity index (χ0n) is 13.6. The summed E-state index contributed by atoms with van der Waals surface area (Å²) in [6, 6.07) is 11.3. The van der Waals surface area contributed by atoms with E-state index in [4.69, 9.17) is 11.6 Å². The van der Waals surface area contributed by atoms with E-state index in [-0.39, 0.29) is 5.91 Å². The van der Waals surface area contributed by atoms with Gasteiger partial charge in [0.25, 0.3) is 5.91 Å². The third kappa shape index (κ3) is 2.14. The molecule has 1 aliphatic rings. The Kier molecular flexibility index (Phi) is 3.29. The number of hydrogen-bond acceptors (Lipinski definition) is 4. The number of benzene rings is 1. The van der Waals surface area contributed by atoms with Crippen LogP contribution in [-0.2, 0) is 6.54 Å².